The van der Waals surface area contributed by atoms with E-state index in [2.05, 4.69) is 9.97 Å². The van der Waals surface area contributed by atoms with Crippen molar-refractivity contribution in [3.63, 3.8) is 0 Å². The summed E-state index contributed by atoms with van der Waals surface area (Å²) in [6, 6.07) is 12.8. The first-order valence-corrected chi connectivity index (χ1v) is 8.63. The van der Waals surface area contributed by atoms with Crippen LogP contribution in [0.1, 0.15) is 21.7 Å². The summed E-state index contributed by atoms with van der Waals surface area (Å²) in [5, 5.41) is 9.72. The third kappa shape index (κ3) is 3.27. The number of pyridine rings is 1. The van der Waals surface area contributed by atoms with Gasteiger partial charge in [-0.3, -0.25) is 14.3 Å². The normalized spacial score (nSPS) is 11.4. The van der Waals surface area contributed by atoms with Crippen molar-refractivity contribution in [2.45, 2.75) is 6.92 Å². The third-order valence-corrected chi connectivity index (χ3v) is 4.43. The molecule has 0 bridgehead atoms. The molecule has 4 aromatic rings. The van der Waals surface area contributed by atoms with E-state index in [9.17, 15) is 14.3 Å². The Hall–Kier alpha value is -3.80. The van der Waals surface area contributed by atoms with Gasteiger partial charge in [0.15, 0.2) is 5.78 Å². The van der Waals surface area contributed by atoms with Crippen LogP contribution in [-0.2, 0) is 0 Å². The number of aromatic hydroxyl groups is 1. The number of fused-ring (bicyclic) bond motifs is 1. The van der Waals surface area contributed by atoms with E-state index in [-0.39, 0.29) is 11.3 Å². The summed E-state index contributed by atoms with van der Waals surface area (Å²) in [5.41, 5.74) is 3.47. The Morgan fingerprint density at radius 3 is 2.71 bits per heavy atom. The lowest BCUT2D eigenvalue weighted by Gasteiger charge is -2.07. The molecule has 0 fully saturated rings. The summed E-state index contributed by atoms with van der Waals surface area (Å²) in [7, 11) is 0. The molecule has 0 saturated carbocycles. The maximum atomic E-state index is 13.3. The van der Waals surface area contributed by atoms with Gasteiger partial charge in [-0.1, -0.05) is 18.2 Å². The molecule has 0 unspecified atom stereocenters. The van der Waals surface area contributed by atoms with Crippen LogP contribution in [0.15, 0.2) is 67.0 Å². The number of hydrogen-bond acceptors (Lipinski definition) is 4. The van der Waals surface area contributed by atoms with Crippen molar-refractivity contribution in [1.29, 1.82) is 0 Å². The summed E-state index contributed by atoms with van der Waals surface area (Å²) >= 11 is 0. The predicted molar refractivity (Wildman–Crippen MR) is 105 cm³/mol. The minimum Gasteiger partial charge on any atom is -0.507 e. The quantitative estimate of drug-likeness (QED) is 0.423. The standard InChI is InChI=1S/C22H16FN3O2/c1-14-25-19-13-24-11-10-20(19)26(14)17-6-2-15(3-7-17)4-8-21(27)18-12-16(23)5-9-22(18)28/h2-13,28H,1H3. The highest BCUT2D eigenvalue weighted by atomic mass is 19.1. The second-order valence-corrected chi connectivity index (χ2v) is 6.31. The zero-order valence-corrected chi connectivity index (χ0v) is 15.0. The molecule has 2 aromatic carbocycles. The van der Waals surface area contributed by atoms with Crippen LogP contribution in [0.5, 0.6) is 5.75 Å². The van der Waals surface area contributed by atoms with Crippen molar-refractivity contribution in [3.8, 4) is 11.4 Å². The Labute approximate surface area is 160 Å². The molecule has 138 valence electrons. The number of aryl methyl sites for hydroxylation is 1. The molecule has 0 aliphatic heterocycles. The zero-order valence-electron chi connectivity index (χ0n) is 15.0. The van der Waals surface area contributed by atoms with E-state index in [1.54, 1.807) is 18.5 Å². The van der Waals surface area contributed by atoms with Gasteiger partial charge in [0.05, 0.1) is 17.3 Å². The van der Waals surface area contributed by atoms with Gasteiger partial charge in [0.1, 0.15) is 22.9 Å². The smallest absolute Gasteiger partial charge is 0.189 e. The summed E-state index contributed by atoms with van der Waals surface area (Å²) in [5.74, 6) is -0.437. The average Bonchev–Trinajstić information content (AvgIpc) is 3.04. The Morgan fingerprint density at radius 1 is 1.14 bits per heavy atom. The van der Waals surface area contributed by atoms with Gasteiger partial charge < -0.3 is 5.11 Å². The highest BCUT2D eigenvalue weighted by Crippen LogP contribution is 2.22. The number of aromatic nitrogens is 3. The largest absolute Gasteiger partial charge is 0.507 e. The van der Waals surface area contributed by atoms with Gasteiger partial charge in [-0.25, -0.2) is 9.37 Å². The van der Waals surface area contributed by atoms with Crippen molar-refractivity contribution >= 4 is 22.9 Å². The number of ketones is 1. The lowest BCUT2D eigenvalue weighted by molar-refractivity contribution is 0.104. The SMILES string of the molecule is Cc1nc2cnccc2n1-c1ccc(C=CC(=O)c2cc(F)ccc2O)cc1. The van der Waals surface area contributed by atoms with Crippen LogP contribution in [0, 0.1) is 12.7 Å². The van der Waals surface area contributed by atoms with Crippen LogP contribution >= 0.6 is 0 Å². The Morgan fingerprint density at radius 2 is 1.93 bits per heavy atom. The molecule has 0 aliphatic rings. The first-order valence-electron chi connectivity index (χ1n) is 8.63. The van der Waals surface area contributed by atoms with Gasteiger partial charge in [-0.05, 0) is 55.0 Å². The topological polar surface area (TPSA) is 68.0 Å². The number of allylic oxidation sites excluding steroid dienone is 1. The molecule has 1 N–H and O–H groups in total. The van der Waals surface area contributed by atoms with E-state index >= 15 is 0 Å². The van der Waals surface area contributed by atoms with Gasteiger partial charge >= 0.3 is 0 Å². The second kappa shape index (κ2) is 7.08. The molecule has 0 saturated heterocycles. The van der Waals surface area contributed by atoms with Gasteiger partial charge in [0.25, 0.3) is 0 Å². The molecule has 4 rings (SSSR count). The number of benzene rings is 2. The first-order chi connectivity index (χ1) is 13.5. The molecule has 0 radical (unpaired) electrons. The number of phenols is 1. The van der Waals surface area contributed by atoms with Crippen molar-refractivity contribution in [1.82, 2.24) is 14.5 Å². The Bertz CT molecular complexity index is 1210. The van der Waals surface area contributed by atoms with Crippen LogP contribution in [0.25, 0.3) is 22.8 Å². The van der Waals surface area contributed by atoms with Crippen LogP contribution < -0.4 is 0 Å². The summed E-state index contributed by atoms with van der Waals surface area (Å²) in [6.07, 6.45) is 6.39. The van der Waals surface area contributed by atoms with E-state index in [0.717, 1.165) is 40.2 Å². The number of carbonyl (C=O) groups excluding carboxylic acids is 1. The maximum Gasteiger partial charge on any atom is 0.189 e. The molecule has 2 heterocycles. The van der Waals surface area contributed by atoms with Gasteiger partial charge in [0.2, 0.25) is 0 Å². The van der Waals surface area contributed by atoms with Gasteiger partial charge in [0, 0.05) is 11.9 Å². The Kier molecular flexibility index (Phi) is 4.45. The van der Waals surface area contributed by atoms with E-state index in [1.807, 2.05) is 41.8 Å². The van der Waals surface area contributed by atoms with Gasteiger partial charge in [-0.2, -0.15) is 0 Å². The lowest BCUT2D eigenvalue weighted by atomic mass is 10.1. The fraction of sp³-hybridized carbons (Fsp3) is 0.0455. The molecule has 2 aromatic heterocycles. The van der Waals surface area contributed by atoms with Crippen LogP contribution in [-0.4, -0.2) is 25.4 Å². The summed E-state index contributed by atoms with van der Waals surface area (Å²) in [4.78, 5) is 20.8. The monoisotopic (exact) mass is 373 g/mol. The summed E-state index contributed by atoms with van der Waals surface area (Å²) in [6.45, 7) is 1.93. The van der Waals surface area contributed by atoms with E-state index in [0.29, 0.717) is 0 Å². The summed E-state index contributed by atoms with van der Waals surface area (Å²) < 4.78 is 15.3. The van der Waals surface area contributed by atoms with E-state index in [4.69, 9.17) is 0 Å². The third-order valence-electron chi connectivity index (χ3n) is 4.43. The van der Waals surface area contributed by atoms with E-state index in [1.165, 1.54) is 12.1 Å². The number of halogens is 1. The number of nitrogens with zero attached hydrogens (tertiary/aromatic N) is 3. The number of imidazole rings is 1. The van der Waals surface area contributed by atoms with Crippen molar-refractivity contribution in [3.05, 3.63) is 89.8 Å². The second-order valence-electron chi connectivity index (χ2n) is 6.31. The number of carbonyl (C=O) groups is 1. The average molecular weight is 373 g/mol. The molecular formula is C22H16FN3O2. The molecule has 5 nitrogen and oxygen atoms in total. The highest BCUT2D eigenvalue weighted by molar-refractivity contribution is 6.08. The fourth-order valence-electron chi connectivity index (χ4n) is 3.08. The maximum absolute atomic E-state index is 13.3. The molecule has 6 heteroatoms. The molecule has 28 heavy (non-hydrogen) atoms. The van der Waals surface area contributed by atoms with Crippen molar-refractivity contribution < 1.29 is 14.3 Å². The number of phenolic OH excluding ortho intramolecular Hbond substituents is 1. The first kappa shape index (κ1) is 17.6. The fourth-order valence-corrected chi connectivity index (χ4v) is 3.08. The lowest BCUT2D eigenvalue weighted by Crippen LogP contribution is -1.97. The van der Waals surface area contributed by atoms with Crippen molar-refractivity contribution in [2.24, 2.45) is 0 Å². The highest BCUT2D eigenvalue weighted by Gasteiger charge is 2.10. The Balaban J connectivity index is 1.60. The zero-order chi connectivity index (χ0) is 19.7. The van der Waals surface area contributed by atoms with Gasteiger partial charge in [-0.15, -0.1) is 0 Å². The molecular weight excluding hydrogens is 357 g/mol. The van der Waals surface area contributed by atoms with Crippen LogP contribution in [0.4, 0.5) is 4.39 Å². The molecule has 0 amide bonds. The number of hydrogen-bond donors (Lipinski definition) is 1. The number of rotatable bonds is 4. The minimum atomic E-state index is -0.572. The van der Waals surface area contributed by atoms with Crippen molar-refractivity contribution in [2.75, 3.05) is 0 Å². The van der Waals surface area contributed by atoms with Crippen LogP contribution in [0.2, 0.25) is 0 Å². The molecule has 0 atom stereocenters. The molecule has 0 spiro atoms. The minimum absolute atomic E-state index is 0.0676. The molecule has 0 aliphatic carbocycles. The van der Waals surface area contributed by atoms with Crippen LogP contribution in [0.3, 0.4) is 0 Å². The predicted octanol–water partition coefficient (Wildman–Crippen LogP) is 4.47. The van der Waals surface area contributed by atoms with E-state index < -0.39 is 11.6 Å².